The third kappa shape index (κ3) is 14.0. The summed E-state index contributed by atoms with van der Waals surface area (Å²) < 4.78 is 0. The van der Waals surface area contributed by atoms with Crippen LogP contribution >= 0.6 is 17.9 Å². The fourth-order valence-electron chi connectivity index (χ4n) is 0. The molecule has 0 unspecified atom stereocenters. The van der Waals surface area contributed by atoms with E-state index < -0.39 is 0 Å². The molecular weight excluding hydrogens is 111 g/mol. The summed E-state index contributed by atoms with van der Waals surface area (Å²) >= 11 is 8.92. The molecule has 0 heterocycles. The van der Waals surface area contributed by atoms with Gasteiger partial charge < -0.3 is 0 Å². The molecule has 0 aromatic heterocycles. The second-order valence-corrected chi connectivity index (χ2v) is 1.86. The molecule has 0 fully saturated rings. The number of hydrogen-bond donors (Lipinski definition) is 0. The third-order valence-corrected chi connectivity index (χ3v) is 0. The van der Waals surface area contributed by atoms with Crippen LogP contribution in [0.5, 0.6) is 0 Å². The van der Waals surface area contributed by atoms with E-state index in [9.17, 15) is 0 Å². The average molecular weight is 115 g/mol. The molecule has 0 aliphatic rings. The lowest BCUT2D eigenvalue weighted by molar-refractivity contribution is 2.50. The molecule has 0 bridgehead atoms. The molecule has 0 saturated heterocycles. The van der Waals surface area contributed by atoms with Crippen molar-refractivity contribution in [3.63, 3.8) is 0 Å². The molecule has 0 rings (SSSR count). The van der Waals surface area contributed by atoms with Gasteiger partial charge in [0.15, 0.2) is 0 Å². The molecule has 0 N–H and O–H groups in total. The highest BCUT2D eigenvalue weighted by Crippen LogP contribution is 1.93. The first-order valence-electron chi connectivity index (χ1n) is 0.352. The standard InChI is InChI=1S/CH4.ClPS/c;1-2-3/h1H4;. The quantitative estimate of drug-likeness (QED) is 0.435. The van der Waals surface area contributed by atoms with Crippen LogP contribution in [0.3, 0.4) is 0 Å². The topological polar surface area (TPSA) is 0 Å². The maximum atomic E-state index is 4.79. The summed E-state index contributed by atoms with van der Waals surface area (Å²) in [6.07, 6.45) is 0. The molecule has 0 saturated carbocycles. The van der Waals surface area contributed by atoms with Gasteiger partial charge in [-0.15, -0.1) is 0 Å². The number of rotatable bonds is 0. The molecule has 0 radical (unpaired) electrons. The van der Waals surface area contributed by atoms with Crippen molar-refractivity contribution in [2.45, 2.75) is 7.43 Å². The van der Waals surface area contributed by atoms with Gasteiger partial charge in [-0.3, -0.25) is 0 Å². The van der Waals surface area contributed by atoms with E-state index in [-0.39, 0.29) is 7.43 Å². The van der Waals surface area contributed by atoms with Crippen LogP contribution < -0.4 is 0 Å². The van der Waals surface area contributed by atoms with Crippen molar-refractivity contribution in [1.82, 2.24) is 0 Å². The van der Waals surface area contributed by atoms with Gasteiger partial charge in [-0.2, -0.15) is 0 Å². The molecule has 0 aromatic rings. The zero-order chi connectivity index (χ0) is 2.71. The predicted molar refractivity (Wildman–Crippen MR) is 26.9 cm³/mol. The van der Waals surface area contributed by atoms with E-state index in [1.807, 2.05) is 0 Å². The van der Waals surface area contributed by atoms with Crippen LogP contribution in [0.4, 0.5) is 0 Å². The van der Waals surface area contributed by atoms with Gasteiger partial charge in [-0.05, 0) is 23.0 Å². The van der Waals surface area contributed by atoms with Crippen molar-refractivity contribution in [3.8, 4) is 0 Å². The monoisotopic (exact) mass is 114 g/mol. The van der Waals surface area contributed by atoms with Crippen LogP contribution in [0, 0.1) is 0 Å². The van der Waals surface area contributed by atoms with Crippen LogP contribution in [0.25, 0.3) is 0 Å². The van der Waals surface area contributed by atoms with Crippen molar-refractivity contribution < 1.29 is 0 Å². The normalized spacial score (nSPS) is 5.25. The Morgan fingerprint density at radius 1 is 1.75 bits per heavy atom. The van der Waals surface area contributed by atoms with E-state index >= 15 is 0 Å². The lowest BCUT2D eigenvalue weighted by Gasteiger charge is -1.21. The van der Waals surface area contributed by atoms with Crippen LogP contribution in [-0.4, -0.2) is 0 Å². The van der Waals surface area contributed by atoms with Gasteiger partial charge >= 0.3 is 0 Å². The molecule has 3 heteroatoms. The lowest BCUT2D eigenvalue weighted by Crippen LogP contribution is -0.652. The van der Waals surface area contributed by atoms with Gasteiger partial charge in [0.2, 0.25) is 0 Å². The van der Waals surface area contributed by atoms with E-state index in [1.165, 1.54) is 0 Å². The average Bonchev–Trinajstić information content (AvgIpc) is 0.918. The van der Waals surface area contributed by atoms with Crippen molar-refractivity contribution in [3.05, 3.63) is 0 Å². The molecule has 0 amide bonds. The zero-order valence-electron chi connectivity index (χ0n) is 1.23. The first-order chi connectivity index (χ1) is 1.41. The van der Waals surface area contributed by atoms with Crippen molar-refractivity contribution in [1.29, 1.82) is 0 Å². The van der Waals surface area contributed by atoms with E-state index in [1.54, 1.807) is 0 Å². The molecule has 0 aromatic carbocycles. The summed E-state index contributed by atoms with van der Waals surface area (Å²) in [5.74, 6) is 0. The fraction of sp³-hybridized carbons (Fsp3) is 1.00. The summed E-state index contributed by atoms with van der Waals surface area (Å²) in [6.45, 7) is 0.472. The molecule has 4 heavy (non-hydrogen) atoms. The fourth-order valence-corrected chi connectivity index (χ4v) is 0. The molecule has 0 aliphatic heterocycles. The van der Waals surface area contributed by atoms with E-state index in [2.05, 4.69) is 11.8 Å². The van der Waals surface area contributed by atoms with Gasteiger partial charge in [-0.1, -0.05) is 7.43 Å². The third-order valence-electron chi connectivity index (χ3n) is 0. The summed E-state index contributed by atoms with van der Waals surface area (Å²) in [4.78, 5) is 0. The Morgan fingerprint density at radius 3 is 1.75 bits per heavy atom. The minimum Gasteiger partial charge on any atom is -0.0776 e. The van der Waals surface area contributed by atoms with Crippen LogP contribution in [0.1, 0.15) is 7.43 Å². The first kappa shape index (κ1) is 8.84. The zero-order valence-corrected chi connectivity index (χ0v) is 3.70. The molecule has 0 nitrogen and oxygen atoms in total. The predicted octanol–water partition coefficient (Wildman–Crippen LogP) is 2.18. The van der Waals surface area contributed by atoms with Gasteiger partial charge in [0, 0.05) is 0 Å². The summed E-state index contributed by atoms with van der Waals surface area (Å²) in [5, 5.41) is 0. The molecule has 0 atom stereocenters. The summed E-state index contributed by atoms with van der Waals surface area (Å²) in [5.41, 5.74) is 0. The van der Waals surface area contributed by atoms with Crippen LogP contribution in [0.15, 0.2) is 0 Å². The van der Waals surface area contributed by atoms with Crippen molar-refractivity contribution in [2.24, 2.45) is 0 Å². The Hall–Kier alpha value is 0.810. The van der Waals surface area contributed by atoms with Crippen molar-refractivity contribution >= 4 is 29.8 Å². The number of hydrogen-bond acceptors (Lipinski definition) is 1. The van der Waals surface area contributed by atoms with Gasteiger partial charge in [-0.25, -0.2) is 0 Å². The van der Waals surface area contributed by atoms with Crippen LogP contribution in [0.2, 0.25) is 0 Å². The highest BCUT2D eigenvalue weighted by atomic mass is 35.7. The van der Waals surface area contributed by atoms with Gasteiger partial charge in [0.05, 0.1) is 6.71 Å². The van der Waals surface area contributed by atoms with E-state index in [0.717, 1.165) is 0 Å². The SMILES string of the molecule is C.S=PCl. The largest absolute Gasteiger partial charge is 0.0830 e. The smallest absolute Gasteiger partial charge is 0.0776 e. The van der Waals surface area contributed by atoms with E-state index in [0.29, 0.717) is 6.71 Å². The Bertz CT molecular complexity index is 15.5. The highest BCUT2D eigenvalue weighted by Gasteiger charge is 1.25. The Morgan fingerprint density at radius 2 is 1.75 bits per heavy atom. The molecule has 0 aliphatic carbocycles. The molecule has 26 valence electrons. The molecule has 0 spiro atoms. The van der Waals surface area contributed by atoms with Gasteiger partial charge in [0.1, 0.15) is 0 Å². The highest BCUT2D eigenvalue weighted by molar-refractivity contribution is 8.08. The summed E-state index contributed by atoms with van der Waals surface area (Å²) in [7, 11) is 0. The minimum atomic E-state index is 0. The lowest BCUT2D eigenvalue weighted by atomic mass is 12.0. The second kappa shape index (κ2) is 9.18. The maximum absolute atomic E-state index is 4.79. The Balaban J connectivity index is 0. The number of halogens is 1. The van der Waals surface area contributed by atoms with Gasteiger partial charge in [0.25, 0.3) is 0 Å². The Kier molecular flexibility index (Phi) is 20.3. The van der Waals surface area contributed by atoms with Crippen molar-refractivity contribution in [2.75, 3.05) is 0 Å². The summed E-state index contributed by atoms with van der Waals surface area (Å²) in [6, 6.07) is 0. The Labute approximate surface area is 37.8 Å². The van der Waals surface area contributed by atoms with Crippen LogP contribution in [-0.2, 0) is 11.8 Å². The first-order valence-corrected chi connectivity index (χ1v) is 3.16. The second-order valence-electron chi connectivity index (χ2n) is 0.0690. The maximum Gasteiger partial charge on any atom is 0.0830 e. The molecular formula is CH4ClPS. The minimum absolute atomic E-state index is 0. The van der Waals surface area contributed by atoms with E-state index in [4.69, 9.17) is 11.2 Å².